The Morgan fingerprint density at radius 1 is 0.885 bits per heavy atom. The lowest BCUT2D eigenvalue weighted by Crippen LogP contribution is -2.35. The number of oxazole rings is 1. The summed E-state index contributed by atoms with van der Waals surface area (Å²) in [5.41, 5.74) is 9.00. The van der Waals surface area contributed by atoms with Crippen molar-refractivity contribution in [2.75, 3.05) is 13.7 Å². The number of carboxylic acids is 1. The van der Waals surface area contributed by atoms with Crippen molar-refractivity contribution in [2.45, 2.75) is 90.2 Å². The van der Waals surface area contributed by atoms with Crippen LogP contribution in [0.25, 0.3) is 44.9 Å². The third-order valence-corrected chi connectivity index (χ3v) is 11.4. The fourth-order valence-corrected chi connectivity index (χ4v) is 8.71. The van der Waals surface area contributed by atoms with Gasteiger partial charge in [0.25, 0.3) is 0 Å². The fraction of sp³-hybridized carbons (Fsp3) is 0.390. The number of fused-ring (bicyclic) bond motifs is 3. The first kappa shape index (κ1) is 34.2. The lowest BCUT2D eigenvalue weighted by atomic mass is 9.90. The highest BCUT2D eigenvalue weighted by atomic mass is 19.3. The van der Waals surface area contributed by atoms with Crippen LogP contribution < -0.4 is 9.47 Å². The Kier molecular flexibility index (Phi) is 9.17. The number of rotatable bonds is 11. The van der Waals surface area contributed by atoms with Gasteiger partial charge in [-0.15, -0.1) is 0 Å². The highest BCUT2D eigenvalue weighted by Gasteiger charge is 2.39. The Labute approximate surface area is 301 Å². The van der Waals surface area contributed by atoms with E-state index in [0.29, 0.717) is 59.9 Å². The van der Waals surface area contributed by atoms with Crippen molar-refractivity contribution < 1.29 is 32.6 Å². The van der Waals surface area contributed by atoms with Crippen LogP contribution in [-0.4, -0.2) is 69.2 Å². The van der Waals surface area contributed by atoms with Crippen LogP contribution in [0.1, 0.15) is 60.8 Å². The first-order valence-electron chi connectivity index (χ1n) is 18.0. The molecule has 270 valence electrons. The van der Waals surface area contributed by atoms with Crippen LogP contribution in [0.15, 0.2) is 65.1 Å². The van der Waals surface area contributed by atoms with Gasteiger partial charge in [0.1, 0.15) is 17.3 Å². The molecule has 0 radical (unpaired) electrons. The molecule has 5 aromatic rings. The van der Waals surface area contributed by atoms with Crippen LogP contribution in [0.2, 0.25) is 0 Å². The molecule has 8 rings (SSSR count). The second-order valence-corrected chi connectivity index (χ2v) is 14.2. The van der Waals surface area contributed by atoms with E-state index in [2.05, 4.69) is 42.2 Å². The molecule has 0 saturated carbocycles. The summed E-state index contributed by atoms with van der Waals surface area (Å²) in [6.45, 7) is 2.62. The maximum atomic E-state index is 13.5. The van der Waals surface area contributed by atoms with Gasteiger partial charge in [-0.3, -0.25) is 14.6 Å². The van der Waals surface area contributed by atoms with Gasteiger partial charge in [0.15, 0.2) is 5.58 Å². The molecule has 52 heavy (non-hydrogen) atoms. The number of hydrogen-bond acceptors (Lipinski definition) is 8. The SMILES string of the molecule is COc1nc(-c2cccc(-c3cccc(-c4nc5cc(CN6CCC[C@H]6C(=O)O)c(OC(F)F)cc5o4)c3C)c2C)ccc1CN1C2CCC1CC2. The predicted octanol–water partition coefficient (Wildman–Crippen LogP) is 8.63. The lowest BCUT2D eigenvalue weighted by molar-refractivity contribution is -0.142. The van der Waals surface area contributed by atoms with Crippen molar-refractivity contribution in [3.8, 4) is 45.5 Å². The van der Waals surface area contributed by atoms with Crippen LogP contribution >= 0.6 is 0 Å². The minimum Gasteiger partial charge on any atom is -0.481 e. The van der Waals surface area contributed by atoms with Gasteiger partial charge in [-0.1, -0.05) is 36.4 Å². The number of methoxy groups -OCH3 is 1. The van der Waals surface area contributed by atoms with Gasteiger partial charge in [0.05, 0.1) is 12.8 Å². The Morgan fingerprint density at radius 3 is 2.23 bits per heavy atom. The molecule has 2 aromatic heterocycles. The van der Waals surface area contributed by atoms with E-state index in [1.807, 2.05) is 25.1 Å². The van der Waals surface area contributed by atoms with Gasteiger partial charge in [-0.2, -0.15) is 8.78 Å². The number of pyridine rings is 1. The largest absolute Gasteiger partial charge is 0.481 e. The number of aromatic nitrogens is 2. The van der Waals surface area contributed by atoms with Crippen LogP contribution in [0.3, 0.4) is 0 Å². The number of alkyl halides is 2. The molecule has 0 aliphatic carbocycles. The van der Waals surface area contributed by atoms with Gasteiger partial charge in [-0.05, 0) is 99.4 Å². The van der Waals surface area contributed by atoms with E-state index in [1.54, 1.807) is 18.1 Å². The molecular formula is C41H42F2N4O5. The zero-order chi connectivity index (χ0) is 36.1. The first-order chi connectivity index (χ1) is 25.2. The number of carboxylic acid groups (broad SMARTS) is 1. The van der Waals surface area contributed by atoms with Crippen molar-refractivity contribution in [1.82, 2.24) is 19.8 Å². The first-order valence-corrected chi connectivity index (χ1v) is 18.0. The molecule has 1 atom stereocenters. The molecule has 11 heteroatoms. The third kappa shape index (κ3) is 6.30. The van der Waals surface area contributed by atoms with E-state index in [-0.39, 0.29) is 12.3 Å². The molecular weight excluding hydrogens is 666 g/mol. The summed E-state index contributed by atoms with van der Waals surface area (Å²) < 4.78 is 43.9. The van der Waals surface area contributed by atoms with Crippen LogP contribution in [0.5, 0.6) is 11.6 Å². The molecule has 3 aromatic carbocycles. The van der Waals surface area contributed by atoms with E-state index in [4.69, 9.17) is 23.9 Å². The number of benzene rings is 3. The smallest absolute Gasteiger partial charge is 0.387 e. The summed E-state index contributed by atoms with van der Waals surface area (Å²) in [4.78, 5) is 26.0. The maximum absolute atomic E-state index is 13.5. The van der Waals surface area contributed by atoms with Gasteiger partial charge < -0.3 is 19.0 Å². The molecule has 0 amide bonds. The average molecular weight is 709 g/mol. The number of halogens is 2. The molecule has 3 aliphatic heterocycles. The molecule has 3 aliphatic rings. The normalized spacial score (nSPS) is 20.4. The number of hydrogen-bond donors (Lipinski definition) is 1. The van der Waals surface area contributed by atoms with E-state index in [1.165, 1.54) is 31.7 Å². The summed E-state index contributed by atoms with van der Waals surface area (Å²) in [7, 11) is 1.69. The molecule has 5 heterocycles. The van der Waals surface area contributed by atoms with Gasteiger partial charge in [0, 0.05) is 53.5 Å². The standard InChI is InChI=1S/C41H42F2N4O5/c1-23-29(7-4-9-31(23)33-17-12-25(38(44-33)50-3)22-47-27-13-14-28(47)16-15-27)30-8-5-10-32(24(30)2)39-45-34-19-26(21-46-18-6-11-35(46)40(48)49)36(52-41(42)43)20-37(34)51-39/h4-5,7-10,12,17,19-20,27-28,35,41H,6,11,13-16,18,21-22H2,1-3H3,(H,48,49)/t27?,28?,35-/m0/s1. The van der Waals surface area contributed by atoms with Crippen LogP contribution in [-0.2, 0) is 17.9 Å². The Balaban J connectivity index is 1.11. The number of ether oxygens (including phenoxy) is 2. The van der Waals surface area contributed by atoms with Crippen molar-refractivity contribution >= 4 is 17.1 Å². The van der Waals surface area contributed by atoms with E-state index >= 15 is 0 Å². The number of carbonyl (C=O) groups is 1. The van der Waals surface area contributed by atoms with Crippen molar-refractivity contribution in [3.63, 3.8) is 0 Å². The minimum atomic E-state index is -3.05. The highest BCUT2D eigenvalue weighted by molar-refractivity contribution is 5.84. The topological polar surface area (TPSA) is 101 Å². The van der Waals surface area contributed by atoms with Crippen LogP contribution in [0, 0.1) is 13.8 Å². The van der Waals surface area contributed by atoms with Crippen molar-refractivity contribution in [2.24, 2.45) is 0 Å². The average Bonchev–Trinajstić information content (AvgIpc) is 3.94. The zero-order valence-corrected chi connectivity index (χ0v) is 29.6. The fourth-order valence-electron chi connectivity index (χ4n) is 8.71. The second-order valence-electron chi connectivity index (χ2n) is 14.2. The zero-order valence-electron chi connectivity index (χ0n) is 29.6. The van der Waals surface area contributed by atoms with E-state index in [0.717, 1.165) is 51.2 Å². The second kappa shape index (κ2) is 13.9. The molecule has 2 bridgehead atoms. The molecule has 0 spiro atoms. The van der Waals surface area contributed by atoms with Crippen LogP contribution in [0.4, 0.5) is 8.78 Å². The number of aliphatic carboxylic acids is 1. The van der Waals surface area contributed by atoms with E-state index in [9.17, 15) is 18.7 Å². The summed E-state index contributed by atoms with van der Waals surface area (Å²) in [6, 6.07) is 20.2. The molecule has 3 saturated heterocycles. The molecule has 0 unspecified atom stereocenters. The third-order valence-electron chi connectivity index (χ3n) is 11.4. The molecule has 3 fully saturated rings. The number of nitrogens with zero attached hydrogens (tertiary/aromatic N) is 4. The Hall–Kier alpha value is -4.87. The summed E-state index contributed by atoms with van der Waals surface area (Å²) in [6.07, 6.45) is 6.35. The molecule has 9 nitrogen and oxygen atoms in total. The molecule has 1 N–H and O–H groups in total. The quantitative estimate of drug-likeness (QED) is 0.145. The highest BCUT2D eigenvalue weighted by Crippen LogP contribution is 2.41. The van der Waals surface area contributed by atoms with E-state index < -0.39 is 18.6 Å². The van der Waals surface area contributed by atoms with Gasteiger partial charge >= 0.3 is 12.6 Å². The van der Waals surface area contributed by atoms with Crippen molar-refractivity contribution in [3.05, 3.63) is 82.9 Å². The summed E-state index contributed by atoms with van der Waals surface area (Å²) in [5.74, 6) is 0.0278. The maximum Gasteiger partial charge on any atom is 0.387 e. The predicted molar refractivity (Wildman–Crippen MR) is 193 cm³/mol. The minimum absolute atomic E-state index is 0.0550. The summed E-state index contributed by atoms with van der Waals surface area (Å²) in [5, 5.41) is 9.66. The van der Waals surface area contributed by atoms with Crippen molar-refractivity contribution in [1.29, 1.82) is 0 Å². The summed E-state index contributed by atoms with van der Waals surface area (Å²) >= 11 is 0. The monoisotopic (exact) mass is 708 g/mol. The Bertz CT molecular complexity index is 2130. The lowest BCUT2D eigenvalue weighted by Gasteiger charge is -2.22. The van der Waals surface area contributed by atoms with Gasteiger partial charge in [0.2, 0.25) is 11.8 Å². The number of likely N-dealkylation sites (tertiary alicyclic amines) is 1. The van der Waals surface area contributed by atoms with Gasteiger partial charge in [-0.25, -0.2) is 9.97 Å². The Morgan fingerprint density at radius 2 is 1.56 bits per heavy atom.